The molecule has 1 fully saturated rings. The minimum Gasteiger partial charge on any atom is -0.409 e. The number of ether oxygens (including phenoxy) is 1. The highest BCUT2D eigenvalue weighted by molar-refractivity contribution is 5.85. The summed E-state index contributed by atoms with van der Waals surface area (Å²) in [5, 5.41) is 15.4. The molecule has 0 radical (unpaired) electrons. The topological polar surface area (TPSA) is 79.9 Å². The molecule has 1 aliphatic carbocycles. The lowest BCUT2D eigenvalue weighted by Gasteiger charge is -2.22. The maximum absolute atomic E-state index is 8.70. The number of unbranched alkanes of at least 4 members (excludes halogenated alkanes) is 1. The molecule has 5 nitrogen and oxygen atoms in total. The van der Waals surface area contributed by atoms with Crippen LogP contribution in [0.5, 0.6) is 0 Å². The molecule has 0 heterocycles. The molecule has 5 heteroatoms. The van der Waals surface area contributed by atoms with E-state index in [0.29, 0.717) is 18.0 Å². The average molecular weight is 271 g/mol. The zero-order valence-electron chi connectivity index (χ0n) is 12.5. The fraction of sp³-hybridized carbons (Fsp3) is 0.929. The van der Waals surface area contributed by atoms with Gasteiger partial charge in [-0.25, -0.2) is 0 Å². The third-order valence-corrected chi connectivity index (χ3v) is 4.18. The van der Waals surface area contributed by atoms with Gasteiger partial charge in [-0.15, -0.1) is 0 Å². The van der Waals surface area contributed by atoms with Crippen LogP contribution in [0, 0.1) is 5.41 Å². The number of hydrogen-bond acceptors (Lipinski definition) is 4. The Morgan fingerprint density at radius 1 is 1.42 bits per heavy atom. The summed E-state index contributed by atoms with van der Waals surface area (Å²) in [6, 6.07) is 0.613. The minimum absolute atomic E-state index is 0.219. The smallest absolute Gasteiger partial charge is 0.144 e. The van der Waals surface area contributed by atoms with Crippen LogP contribution in [0.25, 0.3) is 0 Å². The molecular weight excluding hydrogens is 242 g/mol. The first-order chi connectivity index (χ1) is 8.99. The van der Waals surface area contributed by atoms with Gasteiger partial charge < -0.3 is 21.0 Å². The van der Waals surface area contributed by atoms with Crippen molar-refractivity contribution in [3.63, 3.8) is 0 Å². The first-order valence-electron chi connectivity index (χ1n) is 7.24. The number of rotatable bonds is 8. The van der Waals surface area contributed by atoms with Gasteiger partial charge in [0.25, 0.3) is 0 Å². The summed E-state index contributed by atoms with van der Waals surface area (Å²) < 4.78 is 5.36. The molecule has 2 unspecified atom stereocenters. The van der Waals surface area contributed by atoms with Crippen LogP contribution in [0.1, 0.15) is 52.4 Å². The van der Waals surface area contributed by atoms with Crippen LogP contribution < -0.4 is 11.1 Å². The molecule has 19 heavy (non-hydrogen) atoms. The summed E-state index contributed by atoms with van der Waals surface area (Å²) in [6.07, 6.45) is 7.10. The molecule has 0 aliphatic heterocycles. The van der Waals surface area contributed by atoms with Crippen molar-refractivity contribution in [2.45, 2.75) is 64.5 Å². The van der Waals surface area contributed by atoms with Gasteiger partial charge in [-0.05, 0) is 38.6 Å². The van der Waals surface area contributed by atoms with Crippen molar-refractivity contribution in [1.82, 2.24) is 5.32 Å². The fourth-order valence-corrected chi connectivity index (χ4v) is 2.60. The van der Waals surface area contributed by atoms with E-state index in [1.54, 1.807) is 7.11 Å². The Labute approximate surface area is 116 Å². The number of nitrogens with one attached hydrogen (secondary N) is 1. The van der Waals surface area contributed by atoms with Crippen molar-refractivity contribution in [3.8, 4) is 0 Å². The molecule has 0 aromatic carbocycles. The van der Waals surface area contributed by atoms with Crippen LogP contribution in [0.2, 0.25) is 0 Å². The van der Waals surface area contributed by atoms with E-state index in [9.17, 15) is 0 Å². The third-order valence-electron chi connectivity index (χ3n) is 4.18. The zero-order valence-corrected chi connectivity index (χ0v) is 12.5. The van der Waals surface area contributed by atoms with E-state index in [1.807, 2.05) is 13.8 Å². The largest absolute Gasteiger partial charge is 0.409 e. The summed E-state index contributed by atoms with van der Waals surface area (Å²) in [7, 11) is 1.79. The van der Waals surface area contributed by atoms with Gasteiger partial charge >= 0.3 is 0 Å². The Morgan fingerprint density at radius 3 is 2.74 bits per heavy atom. The van der Waals surface area contributed by atoms with E-state index >= 15 is 0 Å². The molecule has 2 atom stereocenters. The van der Waals surface area contributed by atoms with E-state index in [1.165, 1.54) is 12.8 Å². The lowest BCUT2D eigenvalue weighted by Crippen LogP contribution is -2.32. The second kappa shape index (κ2) is 7.70. The lowest BCUT2D eigenvalue weighted by molar-refractivity contribution is 0.107. The van der Waals surface area contributed by atoms with Gasteiger partial charge in [0.2, 0.25) is 0 Å². The van der Waals surface area contributed by atoms with E-state index in [2.05, 4.69) is 10.5 Å². The Morgan fingerprint density at radius 2 is 2.16 bits per heavy atom. The van der Waals surface area contributed by atoms with E-state index in [0.717, 1.165) is 32.2 Å². The third kappa shape index (κ3) is 5.37. The van der Waals surface area contributed by atoms with Crippen LogP contribution in [0.15, 0.2) is 5.16 Å². The van der Waals surface area contributed by atoms with Crippen molar-refractivity contribution < 1.29 is 9.94 Å². The van der Waals surface area contributed by atoms with Gasteiger partial charge in [0, 0.05) is 18.6 Å². The molecule has 1 saturated carbocycles. The summed E-state index contributed by atoms with van der Waals surface area (Å²) >= 11 is 0. The van der Waals surface area contributed by atoms with E-state index in [-0.39, 0.29) is 5.41 Å². The Hall–Kier alpha value is -0.810. The molecule has 1 rings (SSSR count). The molecule has 0 bridgehead atoms. The number of oxime groups is 1. The predicted octanol–water partition coefficient (Wildman–Crippen LogP) is 2.09. The summed E-state index contributed by atoms with van der Waals surface area (Å²) in [4.78, 5) is 0. The number of amidine groups is 1. The second-order valence-corrected chi connectivity index (χ2v) is 6.15. The van der Waals surface area contributed by atoms with Gasteiger partial charge in [0.1, 0.15) is 5.84 Å². The molecule has 0 saturated heterocycles. The van der Waals surface area contributed by atoms with E-state index < -0.39 is 0 Å². The molecule has 112 valence electrons. The van der Waals surface area contributed by atoms with Gasteiger partial charge in [0.05, 0.1) is 6.10 Å². The predicted molar refractivity (Wildman–Crippen MR) is 77.5 cm³/mol. The molecular formula is C14H29N3O2. The normalized spacial score (nSPS) is 24.9. The maximum Gasteiger partial charge on any atom is 0.144 e. The molecule has 0 amide bonds. The number of hydrogen-bond donors (Lipinski definition) is 3. The van der Waals surface area contributed by atoms with Crippen molar-refractivity contribution in [2.75, 3.05) is 13.7 Å². The lowest BCUT2D eigenvalue weighted by atomic mass is 9.86. The molecule has 0 spiro atoms. The minimum atomic E-state index is -0.219. The van der Waals surface area contributed by atoms with Gasteiger partial charge in [-0.3, -0.25) is 0 Å². The standard InChI is InChI=1S/C14H29N3O2/c1-14(2,13(15)17-18)8-4-5-9-16-11-6-7-12(10-11)19-3/h11-12,16,18H,4-10H2,1-3H3,(H2,15,17). The van der Waals surface area contributed by atoms with Crippen LogP contribution in [-0.2, 0) is 4.74 Å². The fourth-order valence-electron chi connectivity index (χ4n) is 2.60. The van der Waals surface area contributed by atoms with Gasteiger partial charge in [0.15, 0.2) is 0 Å². The first kappa shape index (κ1) is 16.2. The Kier molecular flexibility index (Phi) is 6.58. The maximum atomic E-state index is 8.70. The average Bonchev–Trinajstić information content (AvgIpc) is 2.85. The van der Waals surface area contributed by atoms with Gasteiger partial charge in [-0.2, -0.15) is 0 Å². The van der Waals surface area contributed by atoms with Crippen LogP contribution in [-0.4, -0.2) is 36.8 Å². The quantitative estimate of drug-likeness (QED) is 0.208. The molecule has 4 N–H and O–H groups in total. The van der Waals surface area contributed by atoms with Crippen LogP contribution in [0.3, 0.4) is 0 Å². The summed E-state index contributed by atoms with van der Waals surface area (Å²) in [5.41, 5.74) is 5.45. The Bertz CT molecular complexity index is 292. The zero-order chi connectivity index (χ0) is 14.3. The van der Waals surface area contributed by atoms with Gasteiger partial charge in [-0.1, -0.05) is 25.4 Å². The summed E-state index contributed by atoms with van der Waals surface area (Å²) in [6.45, 7) is 5.05. The van der Waals surface area contributed by atoms with Crippen molar-refractivity contribution in [2.24, 2.45) is 16.3 Å². The Balaban J connectivity index is 2.09. The highest BCUT2D eigenvalue weighted by atomic mass is 16.5. The van der Waals surface area contributed by atoms with Crippen LogP contribution in [0.4, 0.5) is 0 Å². The number of nitrogens with two attached hydrogens (primary N) is 1. The number of methoxy groups -OCH3 is 1. The van der Waals surface area contributed by atoms with E-state index in [4.69, 9.17) is 15.7 Å². The first-order valence-corrected chi connectivity index (χ1v) is 7.24. The monoisotopic (exact) mass is 271 g/mol. The van der Waals surface area contributed by atoms with Crippen molar-refractivity contribution >= 4 is 5.84 Å². The highest BCUT2D eigenvalue weighted by Gasteiger charge is 2.24. The molecule has 1 aliphatic rings. The molecule has 0 aromatic rings. The van der Waals surface area contributed by atoms with Crippen LogP contribution >= 0.6 is 0 Å². The van der Waals surface area contributed by atoms with Crippen molar-refractivity contribution in [1.29, 1.82) is 0 Å². The second-order valence-electron chi connectivity index (χ2n) is 6.15. The SMILES string of the molecule is COC1CCC(NCCCCC(C)(C)C(N)=NO)C1. The number of nitrogens with zero attached hydrogens (tertiary/aromatic N) is 1. The highest BCUT2D eigenvalue weighted by Crippen LogP contribution is 2.24. The molecule has 0 aromatic heterocycles. The summed E-state index contributed by atoms with van der Waals surface area (Å²) in [5.74, 6) is 0.319. The van der Waals surface area contributed by atoms with Crippen molar-refractivity contribution in [3.05, 3.63) is 0 Å².